The Morgan fingerprint density at radius 3 is 3.05 bits per heavy atom. The number of anilines is 1. The molecule has 0 unspecified atom stereocenters. The number of amides is 1. The predicted octanol–water partition coefficient (Wildman–Crippen LogP) is 1.80. The molecular weight excluding hydrogens is 258 g/mol. The van der Waals surface area contributed by atoms with Crippen molar-refractivity contribution in [1.82, 2.24) is 20.2 Å². The minimum Gasteiger partial charge on any atom is -0.476 e. The summed E-state index contributed by atoms with van der Waals surface area (Å²) in [5, 5.41) is 9.34. The maximum Gasteiger partial charge on any atom is 0.295 e. The van der Waals surface area contributed by atoms with Gasteiger partial charge in [0.2, 0.25) is 11.7 Å². The normalized spacial score (nSPS) is 10.3. The Balaban J connectivity index is 2.10. The Labute approximate surface area is 116 Å². The molecule has 0 fully saturated rings. The highest BCUT2D eigenvalue weighted by molar-refractivity contribution is 6.02. The minimum atomic E-state index is -0.391. The van der Waals surface area contributed by atoms with Crippen LogP contribution in [0.25, 0.3) is 0 Å². The molecule has 0 aliphatic heterocycles. The average Bonchev–Trinajstić information content (AvgIpc) is 2.90. The molecule has 2 aromatic rings. The molecular formula is C13H17N5O2. The number of hydrogen-bond donors (Lipinski definition) is 2. The fraction of sp³-hybridized carbons (Fsp3) is 0.385. The van der Waals surface area contributed by atoms with Crippen molar-refractivity contribution in [1.29, 1.82) is 0 Å². The van der Waals surface area contributed by atoms with Gasteiger partial charge in [-0.3, -0.25) is 9.89 Å². The van der Waals surface area contributed by atoms with E-state index in [9.17, 15) is 4.79 Å². The molecule has 7 heteroatoms. The third-order valence-corrected chi connectivity index (χ3v) is 2.52. The summed E-state index contributed by atoms with van der Waals surface area (Å²) in [5.74, 6) is 0.804. The zero-order chi connectivity index (χ0) is 14.4. The largest absolute Gasteiger partial charge is 0.476 e. The summed E-state index contributed by atoms with van der Waals surface area (Å²) in [4.78, 5) is 20.2. The molecule has 0 aliphatic rings. The zero-order valence-electron chi connectivity index (χ0n) is 11.5. The van der Waals surface area contributed by atoms with E-state index in [2.05, 4.69) is 25.5 Å². The van der Waals surface area contributed by atoms with Gasteiger partial charge in [0.25, 0.3) is 5.91 Å². The number of aromatic nitrogens is 4. The predicted molar refractivity (Wildman–Crippen MR) is 73.7 cm³/mol. The molecule has 0 aromatic carbocycles. The van der Waals surface area contributed by atoms with E-state index in [1.807, 2.05) is 13.8 Å². The summed E-state index contributed by atoms with van der Waals surface area (Å²) in [6.07, 6.45) is 3.30. The number of pyridine rings is 1. The molecule has 2 aromatic heterocycles. The average molecular weight is 275 g/mol. The van der Waals surface area contributed by atoms with Crippen molar-refractivity contribution in [3.05, 3.63) is 30.0 Å². The summed E-state index contributed by atoms with van der Waals surface area (Å²) >= 11 is 0. The molecule has 0 saturated heterocycles. The molecule has 0 spiro atoms. The third kappa shape index (κ3) is 3.31. The molecule has 0 aliphatic carbocycles. The molecule has 106 valence electrons. The number of nitrogens with one attached hydrogen (secondary N) is 2. The van der Waals surface area contributed by atoms with Crippen molar-refractivity contribution >= 4 is 11.6 Å². The third-order valence-electron chi connectivity index (χ3n) is 2.52. The SMILES string of the molecule is CCCc1nc(C(=O)Nc2cccnc2OCC)n[nH]1. The number of carbonyl (C=O) groups is 1. The van der Waals surface area contributed by atoms with E-state index in [1.165, 1.54) is 0 Å². The van der Waals surface area contributed by atoms with Gasteiger partial charge in [-0.05, 0) is 25.5 Å². The summed E-state index contributed by atoms with van der Waals surface area (Å²) in [6, 6.07) is 3.44. The summed E-state index contributed by atoms with van der Waals surface area (Å²) < 4.78 is 5.34. The second-order valence-corrected chi connectivity index (χ2v) is 4.10. The Morgan fingerprint density at radius 2 is 2.30 bits per heavy atom. The van der Waals surface area contributed by atoms with E-state index in [4.69, 9.17) is 4.74 Å². The first-order chi connectivity index (χ1) is 9.74. The van der Waals surface area contributed by atoms with E-state index < -0.39 is 5.91 Å². The zero-order valence-corrected chi connectivity index (χ0v) is 11.5. The topological polar surface area (TPSA) is 92.8 Å². The fourth-order valence-electron chi connectivity index (χ4n) is 1.66. The van der Waals surface area contributed by atoms with Crippen LogP contribution in [0.1, 0.15) is 36.7 Å². The number of nitrogens with zero attached hydrogens (tertiary/aromatic N) is 3. The molecule has 7 nitrogen and oxygen atoms in total. The molecule has 1 amide bonds. The van der Waals surface area contributed by atoms with Gasteiger partial charge in [-0.2, -0.15) is 0 Å². The van der Waals surface area contributed by atoms with Gasteiger partial charge in [-0.25, -0.2) is 9.97 Å². The minimum absolute atomic E-state index is 0.111. The van der Waals surface area contributed by atoms with Crippen molar-refractivity contribution in [2.75, 3.05) is 11.9 Å². The Kier molecular flexibility index (Phi) is 4.65. The quantitative estimate of drug-likeness (QED) is 0.838. The number of carbonyl (C=O) groups excluding carboxylic acids is 1. The molecule has 2 heterocycles. The van der Waals surface area contributed by atoms with Gasteiger partial charge in [0.1, 0.15) is 11.5 Å². The number of hydrogen-bond acceptors (Lipinski definition) is 5. The van der Waals surface area contributed by atoms with Crippen molar-refractivity contribution in [2.24, 2.45) is 0 Å². The summed E-state index contributed by atoms with van der Waals surface area (Å²) in [6.45, 7) is 4.36. The number of ether oxygens (including phenoxy) is 1. The summed E-state index contributed by atoms with van der Waals surface area (Å²) in [5.41, 5.74) is 0.501. The Morgan fingerprint density at radius 1 is 1.45 bits per heavy atom. The van der Waals surface area contributed by atoms with Crippen LogP contribution in [0.5, 0.6) is 5.88 Å². The van der Waals surface area contributed by atoms with Gasteiger partial charge in [-0.1, -0.05) is 6.92 Å². The second kappa shape index (κ2) is 6.65. The highest BCUT2D eigenvalue weighted by atomic mass is 16.5. The van der Waals surface area contributed by atoms with Gasteiger partial charge in [0.05, 0.1) is 6.61 Å². The molecule has 0 saturated carbocycles. The molecule has 2 rings (SSSR count). The van der Waals surface area contributed by atoms with Crippen LogP contribution in [-0.4, -0.2) is 32.7 Å². The smallest absolute Gasteiger partial charge is 0.295 e. The number of aryl methyl sites for hydroxylation is 1. The van der Waals surface area contributed by atoms with E-state index in [1.54, 1.807) is 18.3 Å². The van der Waals surface area contributed by atoms with Crippen LogP contribution < -0.4 is 10.1 Å². The maximum atomic E-state index is 12.0. The Hall–Kier alpha value is -2.44. The van der Waals surface area contributed by atoms with Gasteiger partial charge in [0.15, 0.2) is 0 Å². The van der Waals surface area contributed by atoms with Crippen LogP contribution >= 0.6 is 0 Å². The van der Waals surface area contributed by atoms with E-state index in [0.717, 1.165) is 12.8 Å². The molecule has 0 atom stereocenters. The first-order valence-corrected chi connectivity index (χ1v) is 6.55. The molecule has 0 bridgehead atoms. The number of rotatable bonds is 6. The standard InChI is InChI=1S/C13H17N5O2/c1-3-6-10-16-11(18-17-10)12(19)15-9-7-5-8-14-13(9)20-4-2/h5,7-8H,3-4,6H2,1-2H3,(H,15,19)(H,16,17,18). The van der Waals surface area contributed by atoms with Gasteiger partial charge in [-0.15, -0.1) is 5.10 Å². The van der Waals surface area contributed by atoms with Crippen LogP contribution in [-0.2, 0) is 6.42 Å². The lowest BCUT2D eigenvalue weighted by Crippen LogP contribution is -2.15. The lowest BCUT2D eigenvalue weighted by Gasteiger charge is -2.08. The maximum absolute atomic E-state index is 12.0. The highest BCUT2D eigenvalue weighted by Gasteiger charge is 2.15. The number of H-pyrrole nitrogens is 1. The number of aromatic amines is 1. The first-order valence-electron chi connectivity index (χ1n) is 6.55. The molecule has 20 heavy (non-hydrogen) atoms. The molecule has 0 radical (unpaired) electrons. The van der Waals surface area contributed by atoms with Crippen LogP contribution in [0.15, 0.2) is 18.3 Å². The Bertz CT molecular complexity index is 582. The highest BCUT2D eigenvalue weighted by Crippen LogP contribution is 2.20. The lowest BCUT2D eigenvalue weighted by atomic mass is 10.3. The van der Waals surface area contributed by atoms with E-state index in [-0.39, 0.29) is 5.82 Å². The van der Waals surface area contributed by atoms with Gasteiger partial charge < -0.3 is 10.1 Å². The van der Waals surface area contributed by atoms with Crippen LogP contribution in [0.3, 0.4) is 0 Å². The summed E-state index contributed by atoms with van der Waals surface area (Å²) in [7, 11) is 0. The van der Waals surface area contributed by atoms with Crippen molar-refractivity contribution in [3.63, 3.8) is 0 Å². The van der Waals surface area contributed by atoms with Crippen LogP contribution in [0, 0.1) is 0 Å². The van der Waals surface area contributed by atoms with Crippen molar-refractivity contribution in [3.8, 4) is 5.88 Å². The van der Waals surface area contributed by atoms with Gasteiger partial charge in [0, 0.05) is 12.6 Å². The van der Waals surface area contributed by atoms with Crippen LogP contribution in [0.4, 0.5) is 5.69 Å². The van der Waals surface area contributed by atoms with E-state index >= 15 is 0 Å². The molecule has 2 N–H and O–H groups in total. The van der Waals surface area contributed by atoms with Crippen molar-refractivity contribution < 1.29 is 9.53 Å². The van der Waals surface area contributed by atoms with E-state index in [0.29, 0.717) is 24.0 Å². The first kappa shape index (κ1) is 14.0. The lowest BCUT2D eigenvalue weighted by molar-refractivity contribution is 0.101. The van der Waals surface area contributed by atoms with Crippen LogP contribution in [0.2, 0.25) is 0 Å². The fourth-order valence-corrected chi connectivity index (χ4v) is 1.66. The second-order valence-electron chi connectivity index (χ2n) is 4.10. The van der Waals surface area contributed by atoms with Crippen molar-refractivity contribution in [2.45, 2.75) is 26.7 Å². The monoisotopic (exact) mass is 275 g/mol. The van der Waals surface area contributed by atoms with Gasteiger partial charge >= 0.3 is 0 Å².